The third-order valence-electron chi connectivity index (χ3n) is 2.64. The van der Waals surface area contributed by atoms with Gasteiger partial charge in [0.25, 0.3) is 0 Å². The van der Waals surface area contributed by atoms with Crippen molar-refractivity contribution in [3.05, 3.63) is 42.5 Å². The molecule has 5 nitrogen and oxygen atoms in total. The Labute approximate surface area is 105 Å². The van der Waals surface area contributed by atoms with E-state index in [0.717, 1.165) is 16.5 Å². The minimum absolute atomic E-state index is 0.112. The van der Waals surface area contributed by atoms with Gasteiger partial charge in [0.05, 0.1) is 0 Å². The van der Waals surface area contributed by atoms with E-state index in [9.17, 15) is 9.59 Å². The smallest absolute Gasteiger partial charge is 0.326 e. The van der Waals surface area contributed by atoms with E-state index in [0.29, 0.717) is 0 Å². The zero-order chi connectivity index (χ0) is 13.7. The fourth-order valence-electron chi connectivity index (χ4n) is 1.54. The van der Waals surface area contributed by atoms with Gasteiger partial charge in [-0.15, -0.1) is 0 Å². The van der Waals surface area contributed by atoms with Crippen molar-refractivity contribution in [2.75, 3.05) is 7.05 Å². The summed E-state index contributed by atoms with van der Waals surface area (Å²) in [5.74, 6) is -1.41. The largest absolute Gasteiger partial charge is 0.508 e. The van der Waals surface area contributed by atoms with Crippen LogP contribution in [0.2, 0.25) is 0 Å². The lowest BCUT2D eigenvalue weighted by Crippen LogP contribution is -2.43. The fourth-order valence-corrected chi connectivity index (χ4v) is 1.54. The standard InChI is InChI=1S/C13H15NO4/c1-3-12(16)14(2)11(13(17)18)8-9-4-6-10(15)7-5-9/h3-7,11,15H,1,8H2,2H3,(H,17,18)/t11-/m0/s1. The van der Waals surface area contributed by atoms with Crippen molar-refractivity contribution in [3.63, 3.8) is 0 Å². The molecule has 0 aromatic heterocycles. The Bertz CT molecular complexity index is 453. The zero-order valence-electron chi connectivity index (χ0n) is 10.0. The van der Waals surface area contributed by atoms with Crippen LogP contribution >= 0.6 is 0 Å². The predicted molar refractivity (Wildman–Crippen MR) is 66.2 cm³/mol. The molecule has 0 aliphatic heterocycles. The van der Waals surface area contributed by atoms with E-state index in [-0.39, 0.29) is 12.2 Å². The molecule has 0 aliphatic carbocycles. The molecule has 0 radical (unpaired) electrons. The molecule has 1 atom stereocenters. The zero-order valence-corrected chi connectivity index (χ0v) is 10.0. The van der Waals surface area contributed by atoms with E-state index in [1.165, 1.54) is 19.2 Å². The first-order valence-electron chi connectivity index (χ1n) is 5.35. The van der Waals surface area contributed by atoms with Crippen molar-refractivity contribution in [2.24, 2.45) is 0 Å². The molecule has 18 heavy (non-hydrogen) atoms. The molecule has 0 heterocycles. The van der Waals surface area contributed by atoms with Crippen molar-refractivity contribution in [3.8, 4) is 5.75 Å². The first kappa shape index (κ1) is 13.8. The van der Waals surface area contributed by atoms with E-state index < -0.39 is 17.9 Å². The predicted octanol–water partition coefficient (Wildman–Crippen LogP) is 1.03. The number of carboxylic acids is 1. The van der Waals surface area contributed by atoms with Crippen LogP contribution in [0.3, 0.4) is 0 Å². The Kier molecular flexibility index (Phi) is 4.48. The van der Waals surface area contributed by atoms with Gasteiger partial charge in [-0.2, -0.15) is 0 Å². The molecule has 0 bridgehead atoms. The number of amides is 1. The topological polar surface area (TPSA) is 77.8 Å². The first-order chi connectivity index (χ1) is 8.45. The maximum Gasteiger partial charge on any atom is 0.326 e. The molecule has 0 fully saturated rings. The van der Waals surface area contributed by atoms with E-state index in [2.05, 4.69) is 6.58 Å². The lowest BCUT2D eigenvalue weighted by Gasteiger charge is -2.23. The molecule has 0 saturated carbocycles. The Balaban J connectivity index is 2.87. The maximum absolute atomic E-state index is 11.4. The van der Waals surface area contributed by atoms with Crippen LogP contribution in [-0.4, -0.2) is 40.1 Å². The molecule has 2 N–H and O–H groups in total. The second-order valence-electron chi connectivity index (χ2n) is 3.88. The molecule has 0 saturated heterocycles. The van der Waals surface area contributed by atoms with E-state index in [1.807, 2.05) is 0 Å². The molecule has 0 spiro atoms. The number of nitrogens with zero attached hydrogens (tertiary/aromatic N) is 1. The Morgan fingerprint density at radius 1 is 1.39 bits per heavy atom. The summed E-state index contributed by atoms with van der Waals surface area (Å²) in [6, 6.07) is 5.24. The minimum atomic E-state index is -1.08. The van der Waals surface area contributed by atoms with Gasteiger partial charge < -0.3 is 15.1 Å². The van der Waals surface area contributed by atoms with Crippen molar-refractivity contribution < 1.29 is 19.8 Å². The second-order valence-corrected chi connectivity index (χ2v) is 3.88. The molecular weight excluding hydrogens is 234 g/mol. The van der Waals surface area contributed by atoms with Crippen molar-refractivity contribution >= 4 is 11.9 Å². The molecule has 1 aromatic carbocycles. The first-order valence-corrected chi connectivity index (χ1v) is 5.35. The number of carbonyl (C=O) groups excluding carboxylic acids is 1. The molecule has 5 heteroatoms. The number of carboxylic acid groups (broad SMARTS) is 1. The quantitative estimate of drug-likeness (QED) is 0.764. The molecule has 1 amide bonds. The molecule has 0 aliphatic rings. The van der Waals surface area contributed by atoms with Crippen LogP contribution in [0, 0.1) is 0 Å². The van der Waals surface area contributed by atoms with Gasteiger partial charge >= 0.3 is 5.97 Å². The molecule has 0 unspecified atom stereocenters. The van der Waals surface area contributed by atoms with Gasteiger partial charge in [-0.25, -0.2) is 4.79 Å². The van der Waals surface area contributed by atoms with Crippen molar-refractivity contribution in [1.82, 2.24) is 4.90 Å². The summed E-state index contributed by atoms with van der Waals surface area (Å²) < 4.78 is 0. The average molecular weight is 249 g/mol. The van der Waals surface area contributed by atoms with Gasteiger partial charge in [0.2, 0.25) is 5.91 Å². The highest BCUT2D eigenvalue weighted by Crippen LogP contribution is 2.13. The number of phenols is 1. The number of aliphatic carboxylic acids is 1. The number of hydrogen-bond acceptors (Lipinski definition) is 3. The maximum atomic E-state index is 11.4. The van der Waals surface area contributed by atoms with E-state index in [1.54, 1.807) is 12.1 Å². The Morgan fingerprint density at radius 2 is 1.94 bits per heavy atom. The Morgan fingerprint density at radius 3 is 2.39 bits per heavy atom. The van der Waals surface area contributed by atoms with Gasteiger partial charge in [-0.05, 0) is 23.8 Å². The SMILES string of the molecule is C=CC(=O)N(C)[C@@H](Cc1ccc(O)cc1)C(=O)O. The van der Waals surface area contributed by atoms with Crippen LogP contribution < -0.4 is 0 Å². The average Bonchev–Trinajstić information content (AvgIpc) is 2.36. The monoisotopic (exact) mass is 249 g/mol. The summed E-state index contributed by atoms with van der Waals surface area (Å²) in [4.78, 5) is 23.7. The summed E-state index contributed by atoms with van der Waals surface area (Å²) in [6.45, 7) is 3.32. The number of hydrogen-bond donors (Lipinski definition) is 2. The molecule has 96 valence electrons. The highest BCUT2D eigenvalue weighted by molar-refractivity contribution is 5.90. The number of phenolic OH excluding ortho intramolecular Hbond substituents is 1. The van der Waals surface area contributed by atoms with Crippen molar-refractivity contribution in [1.29, 1.82) is 0 Å². The van der Waals surface area contributed by atoms with E-state index in [4.69, 9.17) is 10.2 Å². The van der Waals surface area contributed by atoms with Crippen LogP contribution in [0.1, 0.15) is 5.56 Å². The lowest BCUT2D eigenvalue weighted by molar-refractivity contribution is -0.147. The minimum Gasteiger partial charge on any atom is -0.508 e. The van der Waals surface area contributed by atoms with Gasteiger partial charge in [0.15, 0.2) is 0 Å². The number of aromatic hydroxyl groups is 1. The van der Waals surface area contributed by atoms with Crippen LogP contribution in [0.4, 0.5) is 0 Å². The fraction of sp³-hybridized carbons (Fsp3) is 0.231. The Hall–Kier alpha value is -2.30. The highest BCUT2D eigenvalue weighted by Gasteiger charge is 2.25. The molecule has 1 aromatic rings. The summed E-state index contributed by atoms with van der Waals surface area (Å²) in [7, 11) is 1.42. The van der Waals surface area contributed by atoms with Crippen LogP contribution in [0.15, 0.2) is 36.9 Å². The normalized spacial score (nSPS) is 11.6. The summed E-state index contributed by atoms with van der Waals surface area (Å²) in [5.41, 5.74) is 0.726. The third-order valence-corrected chi connectivity index (χ3v) is 2.64. The third kappa shape index (κ3) is 3.35. The van der Waals surface area contributed by atoms with Crippen LogP contribution in [-0.2, 0) is 16.0 Å². The lowest BCUT2D eigenvalue weighted by atomic mass is 10.0. The summed E-state index contributed by atoms with van der Waals surface area (Å²) in [5, 5.41) is 18.3. The molecule has 1 rings (SSSR count). The number of likely N-dealkylation sites (N-methyl/N-ethyl adjacent to an activating group) is 1. The van der Waals surface area contributed by atoms with Crippen molar-refractivity contribution in [2.45, 2.75) is 12.5 Å². The highest BCUT2D eigenvalue weighted by atomic mass is 16.4. The van der Waals surface area contributed by atoms with Crippen LogP contribution in [0.5, 0.6) is 5.75 Å². The number of rotatable bonds is 5. The number of carbonyl (C=O) groups is 2. The summed E-state index contributed by atoms with van der Waals surface area (Å²) in [6.07, 6.45) is 1.25. The van der Waals surface area contributed by atoms with E-state index >= 15 is 0 Å². The van der Waals surface area contributed by atoms with Gasteiger partial charge in [0, 0.05) is 13.5 Å². The molecular formula is C13H15NO4. The van der Waals surface area contributed by atoms with Gasteiger partial charge in [-0.1, -0.05) is 18.7 Å². The second kappa shape index (κ2) is 5.86. The van der Waals surface area contributed by atoms with Crippen LogP contribution in [0.25, 0.3) is 0 Å². The summed E-state index contributed by atoms with van der Waals surface area (Å²) >= 11 is 0. The van der Waals surface area contributed by atoms with Gasteiger partial charge in [-0.3, -0.25) is 4.79 Å². The van der Waals surface area contributed by atoms with Gasteiger partial charge in [0.1, 0.15) is 11.8 Å². The number of benzene rings is 1.